The van der Waals surface area contributed by atoms with Gasteiger partial charge in [-0.15, -0.1) is 0 Å². The van der Waals surface area contributed by atoms with Crippen LogP contribution in [0.4, 0.5) is 0 Å². The van der Waals surface area contributed by atoms with Gasteiger partial charge in [-0.3, -0.25) is 4.57 Å². The Morgan fingerprint density at radius 3 is 2.29 bits per heavy atom. The Balaban J connectivity index is 2.14. The first-order valence-corrected chi connectivity index (χ1v) is 12.8. The van der Waals surface area contributed by atoms with E-state index in [-0.39, 0.29) is 17.5 Å². The molecule has 1 aliphatic carbocycles. The third-order valence-corrected chi connectivity index (χ3v) is 8.25. The Labute approximate surface area is 172 Å². The Bertz CT molecular complexity index is 652. The molecule has 28 heavy (non-hydrogen) atoms. The quantitative estimate of drug-likeness (QED) is 0.361. The van der Waals surface area contributed by atoms with Crippen molar-refractivity contribution in [2.45, 2.75) is 97.2 Å². The van der Waals surface area contributed by atoms with Crippen LogP contribution in [0.1, 0.15) is 82.4 Å². The SMILES string of the molecule is CCCCOP(=O)(COc1c(C)cc(CC(C)(C)N)cc1C)C1CCCCC1. The summed E-state index contributed by atoms with van der Waals surface area (Å²) in [5, 5.41) is 0. The maximum absolute atomic E-state index is 13.7. The van der Waals surface area contributed by atoms with E-state index in [1.165, 1.54) is 12.0 Å². The molecule has 1 saturated carbocycles. The lowest BCUT2D eigenvalue weighted by Gasteiger charge is -2.30. The smallest absolute Gasteiger partial charge is 0.242 e. The number of ether oxygens (including phenoxy) is 1. The topological polar surface area (TPSA) is 61.5 Å². The molecule has 2 N–H and O–H groups in total. The summed E-state index contributed by atoms with van der Waals surface area (Å²) in [4.78, 5) is 0. The van der Waals surface area contributed by atoms with E-state index in [2.05, 4.69) is 32.9 Å². The first-order valence-electron chi connectivity index (χ1n) is 10.9. The summed E-state index contributed by atoms with van der Waals surface area (Å²) in [6, 6.07) is 4.28. The summed E-state index contributed by atoms with van der Waals surface area (Å²) >= 11 is 0. The summed E-state index contributed by atoms with van der Waals surface area (Å²) in [6.07, 6.45) is 8.51. The fraction of sp³-hybridized carbons (Fsp3) is 0.739. The van der Waals surface area contributed by atoms with E-state index in [0.29, 0.717) is 6.61 Å². The highest BCUT2D eigenvalue weighted by molar-refractivity contribution is 7.59. The van der Waals surface area contributed by atoms with Crippen LogP contribution in [0.5, 0.6) is 5.75 Å². The summed E-state index contributed by atoms with van der Waals surface area (Å²) < 4.78 is 25.9. The van der Waals surface area contributed by atoms with Crippen LogP contribution in [0.2, 0.25) is 0 Å². The normalized spacial score (nSPS) is 18.1. The Hall–Kier alpha value is -0.830. The van der Waals surface area contributed by atoms with Crippen molar-refractivity contribution in [2.24, 2.45) is 5.73 Å². The molecule has 1 aromatic rings. The van der Waals surface area contributed by atoms with Crippen molar-refractivity contribution in [3.63, 3.8) is 0 Å². The summed E-state index contributed by atoms with van der Waals surface area (Å²) in [6.45, 7) is 10.9. The van der Waals surface area contributed by atoms with Gasteiger partial charge >= 0.3 is 0 Å². The van der Waals surface area contributed by atoms with Gasteiger partial charge in [0.15, 0.2) is 6.35 Å². The average molecular weight is 410 g/mol. The number of nitrogens with two attached hydrogens (primary N) is 1. The van der Waals surface area contributed by atoms with Crippen molar-refractivity contribution < 1.29 is 13.8 Å². The molecular formula is C23H40NO3P. The number of unbranched alkanes of at least 4 members (excludes halogenated alkanes) is 1. The lowest BCUT2D eigenvalue weighted by atomic mass is 9.93. The van der Waals surface area contributed by atoms with Gasteiger partial charge in [0.2, 0.25) is 7.37 Å². The van der Waals surface area contributed by atoms with Crippen LogP contribution in [0.25, 0.3) is 0 Å². The zero-order chi connectivity index (χ0) is 20.8. The molecule has 0 aromatic heterocycles. The molecule has 0 radical (unpaired) electrons. The fourth-order valence-electron chi connectivity index (χ4n) is 4.14. The van der Waals surface area contributed by atoms with Gasteiger partial charge in [-0.05, 0) is 70.1 Å². The van der Waals surface area contributed by atoms with E-state index in [9.17, 15) is 4.57 Å². The van der Waals surface area contributed by atoms with Crippen LogP contribution in [0.15, 0.2) is 12.1 Å². The molecular weight excluding hydrogens is 369 g/mol. The molecule has 0 saturated heterocycles. The second-order valence-corrected chi connectivity index (χ2v) is 11.9. The Morgan fingerprint density at radius 1 is 1.14 bits per heavy atom. The minimum atomic E-state index is -2.82. The first kappa shape index (κ1) is 23.4. The second kappa shape index (κ2) is 10.3. The molecule has 1 unspecified atom stereocenters. The Kier molecular flexibility index (Phi) is 8.60. The molecule has 160 valence electrons. The summed E-state index contributed by atoms with van der Waals surface area (Å²) in [7, 11) is -2.82. The number of hydrogen-bond donors (Lipinski definition) is 1. The fourth-order valence-corrected chi connectivity index (χ4v) is 6.53. The van der Waals surface area contributed by atoms with Gasteiger partial charge in [0.25, 0.3) is 0 Å². The van der Waals surface area contributed by atoms with Crippen LogP contribution in [-0.2, 0) is 15.5 Å². The second-order valence-electron chi connectivity index (χ2n) is 9.20. The van der Waals surface area contributed by atoms with Crippen LogP contribution >= 0.6 is 7.37 Å². The van der Waals surface area contributed by atoms with Crippen LogP contribution in [0.3, 0.4) is 0 Å². The molecule has 1 aromatic carbocycles. The zero-order valence-electron chi connectivity index (χ0n) is 18.6. The molecule has 1 atom stereocenters. The minimum Gasteiger partial charge on any atom is -0.483 e. The van der Waals surface area contributed by atoms with Crippen molar-refractivity contribution >= 4 is 7.37 Å². The molecule has 0 bridgehead atoms. The molecule has 1 aliphatic rings. The van der Waals surface area contributed by atoms with Gasteiger partial charge in [0.05, 0.1) is 6.61 Å². The van der Waals surface area contributed by atoms with Gasteiger partial charge < -0.3 is 15.0 Å². The van der Waals surface area contributed by atoms with Crippen LogP contribution in [-0.4, -0.2) is 24.2 Å². The standard InChI is InChI=1S/C23H40NO3P/c1-6-7-13-27-28(25,21-11-9-8-10-12-21)17-26-22-18(2)14-20(15-19(22)3)16-23(4,5)24/h14-15,21H,6-13,16-17,24H2,1-5H3. The highest BCUT2D eigenvalue weighted by Crippen LogP contribution is 2.56. The maximum atomic E-state index is 13.7. The summed E-state index contributed by atoms with van der Waals surface area (Å²) in [5.74, 6) is 0.841. The molecule has 0 spiro atoms. The predicted octanol–water partition coefficient (Wildman–Crippen LogP) is 6.35. The maximum Gasteiger partial charge on any atom is 0.242 e. The van der Waals surface area contributed by atoms with E-state index in [4.69, 9.17) is 15.0 Å². The highest BCUT2D eigenvalue weighted by Gasteiger charge is 2.36. The van der Waals surface area contributed by atoms with Gasteiger partial charge in [-0.25, -0.2) is 0 Å². The largest absolute Gasteiger partial charge is 0.483 e. The molecule has 2 rings (SSSR count). The van der Waals surface area contributed by atoms with E-state index in [0.717, 1.165) is 61.8 Å². The van der Waals surface area contributed by atoms with E-state index in [1.807, 2.05) is 13.8 Å². The molecule has 0 aliphatic heterocycles. The van der Waals surface area contributed by atoms with Crippen molar-refractivity contribution in [2.75, 3.05) is 13.0 Å². The molecule has 5 heteroatoms. The van der Waals surface area contributed by atoms with Gasteiger partial charge in [-0.1, -0.05) is 44.7 Å². The first-order chi connectivity index (χ1) is 13.1. The number of hydrogen-bond acceptors (Lipinski definition) is 4. The third-order valence-electron chi connectivity index (χ3n) is 5.51. The number of rotatable bonds is 10. The van der Waals surface area contributed by atoms with Crippen LogP contribution in [0, 0.1) is 13.8 Å². The van der Waals surface area contributed by atoms with E-state index >= 15 is 0 Å². The molecule has 0 amide bonds. The predicted molar refractivity (Wildman–Crippen MR) is 119 cm³/mol. The van der Waals surface area contributed by atoms with E-state index < -0.39 is 7.37 Å². The van der Waals surface area contributed by atoms with Crippen molar-refractivity contribution in [3.8, 4) is 5.75 Å². The molecule has 4 nitrogen and oxygen atoms in total. The summed E-state index contributed by atoms with van der Waals surface area (Å²) in [5.41, 5.74) is 9.44. The highest BCUT2D eigenvalue weighted by atomic mass is 31.2. The van der Waals surface area contributed by atoms with Crippen LogP contribution < -0.4 is 10.5 Å². The van der Waals surface area contributed by atoms with Crippen molar-refractivity contribution in [3.05, 3.63) is 28.8 Å². The number of aryl methyl sites for hydroxylation is 2. The minimum absolute atomic E-state index is 0.149. The van der Waals surface area contributed by atoms with Crippen molar-refractivity contribution in [1.29, 1.82) is 0 Å². The number of benzene rings is 1. The Morgan fingerprint density at radius 2 is 1.75 bits per heavy atom. The lowest BCUT2D eigenvalue weighted by Crippen LogP contribution is -2.34. The average Bonchev–Trinajstić information content (AvgIpc) is 2.60. The molecule has 1 fully saturated rings. The van der Waals surface area contributed by atoms with Crippen molar-refractivity contribution in [1.82, 2.24) is 0 Å². The van der Waals surface area contributed by atoms with E-state index in [1.54, 1.807) is 0 Å². The lowest BCUT2D eigenvalue weighted by molar-refractivity contribution is 0.262. The monoisotopic (exact) mass is 409 g/mol. The van der Waals surface area contributed by atoms with Gasteiger partial charge in [0, 0.05) is 11.2 Å². The van der Waals surface area contributed by atoms with Gasteiger partial charge in [-0.2, -0.15) is 0 Å². The third kappa shape index (κ3) is 6.90. The molecule has 0 heterocycles. The van der Waals surface area contributed by atoms with Gasteiger partial charge in [0.1, 0.15) is 5.75 Å². The zero-order valence-corrected chi connectivity index (χ0v) is 19.4.